The van der Waals surface area contributed by atoms with Gasteiger partial charge in [-0.15, -0.1) is 11.6 Å². The molecule has 0 bridgehead atoms. The van der Waals surface area contributed by atoms with E-state index in [4.69, 9.17) is 11.6 Å². The van der Waals surface area contributed by atoms with Crippen LogP contribution in [0.3, 0.4) is 0 Å². The summed E-state index contributed by atoms with van der Waals surface area (Å²) < 4.78 is 0. The van der Waals surface area contributed by atoms with Crippen molar-refractivity contribution in [2.75, 3.05) is 12.9 Å². The van der Waals surface area contributed by atoms with Crippen LogP contribution in [0.5, 0.6) is 0 Å². The molecule has 1 rings (SSSR count). The third-order valence-electron chi connectivity index (χ3n) is 1.70. The molecule has 0 amide bonds. The third-order valence-corrected chi connectivity index (χ3v) is 2.01. The van der Waals surface area contributed by atoms with Gasteiger partial charge in [0.1, 0.15) is 0 Å². The number of benzene rings is 1. The summed E-state index contributed by atoms with van der Waals surface area (Å²) in [6, 6.07) is 10.5. The number of rotatable bonds is 3. The van der Waals surface area contributed by atoms with Gasteiger partial charge in [-0.25, -0.2) is 0 Å². The van der Waals surface area contributed by atoms with Crippen molar-refractivity contribution in [3.8, 4) is 0 Å². The van der Waals surface area contributed by atoms with E-state index in [-0.39, 0.29) is 6.04 Å². The Morgan fingerprint density at radius 1 is 1.36 bits per heavy atom. The zero-order valence-electron chi connectivity index (χ0n) is 6.55. The number of hydrogen-bond donors (Lipinski definition) is 1. The van der Waals surface area contributed by atoms with Gasteiger partial charge in [-0.3, -0.25) is 0 Å². The Kier molecular flexibility index (Phi) is 3.40. The molecule has 1 nitrogen and oxygen atoms in total. The van der Waals surface area contributed by atoms with Crippen molar-refractivity contribution in [3.05, 3.63) is 35.9 Å². The Morgan fingerprint density at radius 2 is 2.00 bits per heavy atom. The van der Waals surface area contributed by atoms with Crippen molar-refractivity contribution in [2.45, 2.75) is 6.04 Å². The van der Waals surface area contributed by atoms with Crippen LogP contribution >= 0.6 is 11.6 Å². The quantitative estimate of drug-likeness (QED) is 0.685. The fourth-order valence-electron chi connectivity index (χ4n) is 1.02. The highest BCUT2D eigenvalue weighted by Gasteiger charge is 2.04. The van der Waals surface area contributed by atoms with Gasteiger partial charge in [0.2, 0.25) is 0 Å². The van der Waals surface area contributed by atoms with Crippen LogP contribution in [-0.2, 0) is 0 Å². The molecular formula is C9H12ClN. The van der Waals surface area contributed by atoms with Crippen molar-refractivity contribution in [2.24, 2.45) is 0 Å². The van der Waals surface area contributed by atoms with Crippen molar-refractivity contribution in [1.82, 2.24) is 5.32 Å². The van der Waals surface area contributed by atoms with E-state index in [1.54, 1.807) is 0 Å². The lowest BCUT2D eigenvalue weighted by Crippen LogP contribution is -2.17. The molecule has 1 unspecified atom stereocenters. The Bertz CT molecular complexity index is 194. The maximum atomic E-state index is 5.74. The predicted molar refractivity (Wildman–Crippen MR) is 49.0 cm³/mol. The van der Waals surface area contributed by atoms with E-state index in [1.165, 1.54) is 5.56 Å². The van der Waals surface area contributed by atoms with Crippen LogP contribution in [0.1, 0.15) is 11.6 Å². The molecule has 0 aliphatic heterocycles. The standard InChI is InChI=1S/C9H12ClN/c1-11-9(7-10)8-5-3-2-4-6-8/h2-6,9,11H,7H2,1H3. The first-order valence-electron chi connectivity index (χ1n) is 3.66. The molecule has 0 spiro atoms. The van der Waals surface area contributed by atoms with Gasteiger partial charge in [0.15, 0.2) is 0 Å². The Hall–Kier alpha value is -0.530. The number of halogens is 1. The van der Waals surface area contributed by atoms with Crippen LogP contribution in [0.15, 0.2) is 30.3 Å². The van der Waals surface area contributed by atoms with Crippen LogP contribution in [0.2, 0.25) is 0 Å². The zero-order valence-corrected chi connectivity index (χ0v) is 7.31. The van der Waals surface area contributed by atoms with Crippen LogP contribution in [0, 0.1) is 0 Å². The van der Waals surface area contributed by atoms with E-state index in [0.29, 0.717) is 5.88 Å². The van der Waals surface area contributed by atoms with E-state index in [2.05, 4.69) is 17.4 Å². The molecule has 0 aromatic heterocycles. The topological polar surface area (TPSA) is 12.0 Å². The molecule has 0 fully saturated rings. The Labute approximate surface area is 72.4 Å². The van der Waals surface area contributed by atoms with E-state index in [9.17, 15) is 0 Å². The molecule has 1 atom stereocenters. The summed E-state index contributed by atoms with van der Waals surface area (Å²) in [7, 11) is 1.92. The molecule has 0 saturated carbocycles. The first-order valence-corrected chi connectivity index (χ1v) is 4.20. The SMILES string of the molecule is CNC(CCl)c1ccccc1. The van der Waals surface area contributed by atoms with Gasteiger partial charge in [0.25, 0.3) is 0 Å². The van der Waals surface area contributed by atoms with Gasteiger partial charge in [0.05, 0.1) is 0 Å². The smallest absolute Gasteiger partial charge is 0.0455 e. The van der Waals surface area contributed by atoms with E-state index < -0.39 is 0 Å². The van der Waals surface area contributed by atoms with Crippen molar-refractivity contribution in [3.63, 3.8) is 0 Å². The summed E-state index contributed by atoms with van der Waals surface area (Å²) in [5.41, 5.74) is 1.24. The monoisotopic (exact) mass is 169 g/mol. The second-order valence-corrected chi connectivity index (χ2v) is 2.71. The maximum Gasteiger partial charge on any atom is 0.0455 e. The van der Waals surface area contributed by atoms with Crippen LogP contribution in [0.25, 0.3) is 0 Å². The predicted octanol–water partition coefficient (Wildman–Crippen LogP) is 2.19. The lowest BCUT2D eigenvalue weighted by molar-refractivity contribution is 0.658. The van der Waals surface area contributed by atoms with Gasteiger partial charge < -0.3 is 5.32 Å². The highest BCUT2D eigenvalue weighted by molar-refractivity contribution is 6.18. The van der Waals surface area contributed by atoms with Crippen molar-refractivity contribution < 1.29 is 0 Å². The lowest BCUT2D eigenvalue weighted by Gasteiger charge is -2.11. The van der Waals surface area contributed by atoms with Crippen molar-refractivity contribution >= 4 is 11.6 Å². The van der Waals surface area contributed by atoms with Gasteiger partial charge in [-0.05, 0) is 12.6 Å². The Morgan fingerprint density at radius 3 is 2.45 bits per heavy atom. The molecule has 1 aromatic rings. The number of alkyl halides is 1. The molecule has 0 aliphatic carbocycles. The average Bonchev–Trinajstić information content (AvgIpc) is 2.09. The molecule has 0 radical (unpaired) electrons. The van der Waals surface area contributed by atoms with Crippen LogP contribution in [0.4, 0.5) is 0 Å². The lowest BCUT2D eigenvalue weighted by atomic mass is 10.1. The molecular weight excluding hydrogens is 158 g/mol. The van der Waals surface area contributed by atoms with Gasteiger partial charge in [-0.1, -0.05) is 30.3 Å². The van der Waals surface area contributed by atoms with Crippen LogP contribution < -0.4 is 5.32 Å². The summed E-state index contributed by atoms with van der Waals surface area (Å²) in [6.07, 6.45) is 0. The Balaban J connectivity index is 2.74. The highest BCUT2D eigenvalue weighted by atomic mass is 35.5. The molecule has 1 N–H and O–H groups in total. The summed E-state index contributed by atoms with van der Waals surface area (Å²) in [4.78, 5) is 0. The minimum absolute atomic E-state index is 0.276. The third kappa shape index (κ3) is 2.21. The maximum absolute atomic E-state index is 5.74. The van der Waals surface area contributed by atoms with E-state index in [0.717, 1.165) is 0 Å². The second kappa shape index (κ2) is 4.37. The molecule has 2 heteroatoms. The van der Waals surface area contributed by atoms with Crippen LogP contribution in [-0.4, -0.2) is 12.9 Å². The molecule has 0 heterocycles. The largest absolute Gasteiger partial charge is 0.312 e. The normalized spacial score (nSPS) is 12.9. The average molecular weight is 170 g/mol. The van der Waals surface area contributed by atoms with Gasteiger partial charge >= 0.3 is 0 Å². The zero-order chi connectivity index (χ0) is 8.10. The minimum Gasteiger partial charge on any atom is -0.312 e. The number of nitrogens with one attached hydrogen (secondary N) is 1. The minimum atomic E-state index is 0.276. The molecule has 1 aromatic carbocycles. The highest BCUT2D eigenvalue weighted by Crippen LogP contribution is 2.12. The van der Waals surface area contributed by atoms with E-state index in [1.807, 2.05) is 25.2 Å². The summed E-state index contributed by atoms with van der Waals surface area (Å²) >= 11 is 5.74. The van der Waals surface area contributed by atoms with E-state index >= 15 is 0 Å². The summed E-state index contributed by atoms with van der Waals surface area (Å²) in [5.74, 6) is 0.612. The van der Waals surface area contributed by atoms with Gasteiger partial charge in [-0.2, -0.15) is 0 Å². The molecule has 0 aliphatic rings. The molecule has 0 saturated heterocycles. The van der Waals surface area contributed by atoms with Gasteiger partial charge in [0, 0.05) is 11.9 Å². The first-order chi connectivity index (χ1) is 5.38. The fraction of sp³-hybridized carbons (Fsp3) is 0.333. The molecule has 11 heavy (non-hydrogen) atoms. The molecule has 60 valence electrons. The number of hydrogen-bond acceptors (Lipinski definition) is 1. The second-order valence-electron chi connectivity index (χ2n) is 2.41. The van der Waals surface area contributed by atoms with Crippen molar-refractivity contribution in [1.29, 1.82) is 0 Å². The summed E-state index contributed by atoms with van der Waals surface area (Å²) in [5, 5.41) is 3.14. The fourth-order valence-corrected chi connectivity index (χ4v) is 1.35. The summed E-state index contributed by atoms with van der Waals surface area (Å²) in [6.45, 7) is 0. The first kappa shape index (κ1) is 8.57.